The molecule has 0 aliphatic carbocycles. The predicted octanol–water partition coefficient (Wildman–Crippen LogP) is 9.64. The van der Waals surface area contributed by atoms with Gasteiger partial charge in [0, 0.05) is 43.3 Å². The average molecular weight is 618 g/mol. The van der Waals surface area contributed by atoms with Gasteiger partial charge in [-0.05, 0) is 75.9 Å². The van der Waals surface area contributed by atoms with Gasteiger partial charge in [0.1, 0.15) is 5.84 Å². The number of aliphatic imine (C=N–C) groups is 1. The molecule has 0 aromatic heterocycles. The first-order valence-electron chi connectivity index (χ1n) is 16.9. The SMILES string of the molecule is CCCCCC=CCC=CCCCCCCCCNC(=O)N1c2ccc(Cl)cc2N=C(N2CCN(C)CC2)c2ccccc21. The van der Waals surface area contributed by atoms with E-state index in [0.717, 1.165) is 68.2 Å². The van der Waals surface area contributed by atoms with E-state index in [1.165, 1.54) is 57.8 Å². The van der Waals surface area contributed by atoms with E-state index in [9.17, 15) is 4.79 Å². The Labute approximate surface area is 270 Å². The number of rotatable bonds is 15. The number of piperazine rings is 1. The Morgan fingerprint density at radius 3 is 2.27 bits per heavy atom. The lowest BCUT2D eigenvalue weighted by molar-refractivity contribution is 0.216. The Hall–Kier alpha value is -3.09. The summed E-state index contributed by atoms with van der Waals surface area (Å²) in [5, 5.41) is 3.80. The van der Waals surface area contributed by atoms with E-state index >= 15 is 0 Å². The van der Waals surface area contributed by atoms with Crippen LogP contribution < -0.4 is 10.2 Å². The van der Waals surface area contributed by atoms with Crippen molar-refractivity contribution in [3.05, 3.63) is 77.4 Å². The van der Waals surface area contributed by atoms with Gasteiger partial charge < -0.3 is 15.1 Å². The Balaban J connectivity index is 1.24. The number of urea groups is 1. The van der Waals surface area contributed by atoms with Crippen molar-refractivity contribution in [2.75, 3.05) is 44.7 Å². The molecular weight excluding hydrogens is 566 g/mol. The molecule has 0 bridgehead atoms. The van der Waals surface area contributed by atoms with Crippen LogP contribution in [0.1, 0.15) is 89.5 Å². The third-order valence-electron chi connectivity index (χ3n) is 8.45. The highest BCUT2D eigenvalue weighted by Crippen LogP contribution is 2.41. The number of halogens is 1. The van der Waals surface area contributed by atoms with E-state index < -0.39 is 0 Å². The minimum absolute atomic E-state index is 0.126. The highest BCUT2D eigenvalue weighted by Gasteiger charge is 2.30. The maximum atomic E-state index is 13.7. The highest BCUT2D eigenvalue weighted by atomic mass is 35.5. The zero-order valence-corrected chi connectivity index (χ0v) is 27.7. The number of nitrogens with zero attached hydrogens (tertiary/aromatic N) is 4. The number of para-hydroxylation sites is 1. The van der Waals surface area contributed by atoms with Gasteiger partial charge in [0.25, 0.3) is 0 Å². The number of hydrogen-bond donors (Lipinski definition) is 1. The number of anilines is 2. The lowest BCUT2D eigenvalue weighted by Crippen LogP contribution is -2.47. The lowest BCUT2D eigenvalue weighted by Gasteiger charge is -2.35. The fourth-order valence-corrected chi connectivity index (χ4v) is 5.97. The Kier molecular flexibility index (Phi) is 14.3. The number of benzene rings is 2. The summed E-state index contributed by atoms with van der Waals surface area (Å²) in [5.41, 5.74) is 3.28. The zero-order chi connectivity index (χ0) is 31.0. The van der Waals surface area contributed by atoms with Crippen LogP contribution in [0.3, 0.4) is 0 Å². The van der Waals surface area contributed by atoms with Gasteiger partial charge in [-0.3, -0.25) is 4.90 Å². The number of amides is 2. The number of unbranched alkanes of at least 4 members (excludes halogenated alkanes) is 9. The zero-order valence-electron chi connectivity index (χ0n) is 26.9. The summed E-state index contributed by atoms with van der Waals surface area (Å²) in [6, 6.07) is 13.6. The van der Waals surface area contributed by atoms with Crippen molar-refractivity contribution in [1.82, 2.24) is 15.1 Å². The molecule has 6 nitrogen and oxygen atoms in total. The fraction of sp³-hybridized carbons (Fsp3) is 0.514. The van der Waals surface area contributed by atoms with Gasteiger partial charge in [-0.15, -0.1) is 0 Å². The molecule has 1 fully saturated rings. The number of carbonyl (C=O) groups excluding carboxylic acids is 1. The number of amidine groups is 1. The molecule has 0 spiro atoms. The van der Waals surface area contributed by atoms with Crippen LogP contribution in [0.25, 0.3) is 0 Å². The molecule has 1 N–H and O–H groups in total. The molecule has 2 amide bonds. The van der Waals surface area contributed by atoms with Crippen molar-refractivity contribution in [2.24, 2.45) is 4.99 Å². The van der Waals surface area contributed by atoms with Crippen molar-refractivity contribution in [1.29, 1.82) is 0 Å². The minimum Gasteiger partial charge on any atom is -0.353 e. The number of hydrogen-bond acceptors (Lipinski definition) is 4. The second kappa shape index (κ2) is 18.7. The second-order valence-corrected chi connectivity index (χ2v) is 12.5. The monoisotopic (exact) mass is 617 g/mol. The fourth-order valence-electron chi connectivity index (χ4n) is 5.80. The predicted molar refractivity (Wildman–Crippen MR) is 188 cm³/mol. The highest BCUT2D eigenvalue weighted by molar-refractivity contribution is 6.31. The molecule has 2 aromatic rings. The van der Waals surface area contributed by atoms with Gasteiger partial charge in [-0.2, -0.15) is 0 Å². The minimum atomic E-state index is -0.126. The summed E-state index contributed by atoms with van der Waals surface area (Å²) in [5.74, 6) is 0.901. The van der Waals surface area contributed by atoms with Crippen molar-refractivity contribution < 1.29 is 4.79 Å². The number of nitrogens with one attached hydrogen (secondary N) is 1. The van der Waals surface area contributed by atoms with Crippen molar-refractivity contribution >= 4 is 40.5 Å². The molecule has 7 heteroatoms. The van der Waals surface area contributed by atoms with Gasteiger partial charge >= 0.3 is 6.03 Å². The van der Waals surface area contributed by atoms with E-state index in [0.29, 0.717) is 17.3 Å². The average Bonchev–Trinajstić information content (AvgIpc) is 3.17. The molecule has 2 aromatic carbocycles. The van der Waals surface area contributed by atoms with Gasteiger partial charge in [0.15, 0.2) is 0 Å². The number of allylic oxidation sites excluding steroid dienone is 4. The van der Waals surface area contributed by atoms with Crippen LogP contribution in [0.2, 0.25) is 5.02 Å². The molecule has 4 rings (SSSR count). The van der Waals surface area contributed by atoms with Crippen LogP contribution in [0.5, 0.6) is 0 Å². The summed E-state index contributed by atoms with van der Waals surface area (Å²) < 4.78 is 0. The number of likely N-dealkylation sites (N-methyl/N-ethyl adjacent to an activating group) is 1. The molecule has 2 aliphatic heterocycles. The van der Waals surface area contributed by atoms with E-state index in [4.69, 9.17) is 16.6 Å². The third-order valence-corrected chi connectivity index (χ3v) is 8.69. The Morgan fingerprint density at radius 2 is 1.52 bits per heavy atom. The molecule has 1 saturated heterocycles. The van der Waals surface area contributed by atoms with Crippen LogP contribution in [0.15, 0.2) is 71.8 Å². The maximum absolute atomic E-state index is 13.7. The summed E-state index contributed by atoms with van der Waals surface area (Å²) in [4.78, 5) is 25.3. The van der Waals surface area contributed by atoms with E-state index in [1.54, 1.807) is 4.90 Å². The Bertz CT molecular complexity index is 1260. The second-order valence-electron chi connectivity index (χ2n) is 12.0. The van der Waals surface area contributed by atoms with Crippen LogP contribution in [0, 0.1) is 0 Å². The van der Waals surface area contributed by atoms with Crippen molar-refractivity contribution in [2.45, 2.75) is 84.0 Å². The van der Waals surface area contributed by atoms with Crippen LogP contribution >= 0.6 is 11.6 Å². The third kappa shape index (κ3) is 10.2. The summed E-state index contributed by atoms with van der Waals surface area (Å²) in [6.45, 7) is 6.63. The molecule has 0 radical (unpaired) electrons. The summed E-state index contributed by atoms with van der Waals surface area (Å²) >= 11 is 6.42. The summed E-state index contributed by atoms with van der Waals surface area (Å²) in [6.07, 6.45) is 23.7. The van der Waals surface area contributed by atoms with Crippen LogP contribution in [-0.4, -0.2) is 61.4 Å². The van der Waals surface area contributed by atoms with Crippen LogP contribution in [-0.2, 0) is 0 Å². The standard InChI is InChI=1S/C37H52ClN5O/c1-3-4-5-6-7-8-9-10-11-12-13-14-15-16-17-20-25-39-37(44)43-34-22-19-18-21-32(34)36(42-28-26-41(2)27-29-42)40-33-30-31(38)23-24-35(33)43/h7-8,10-11,18-19,21-24,30H,3-6,9,12-17,20,25-29H2,1-2H3,(H,39,44). The molecule has 0 unspecified atom stereocenters. The lowest BCUT2D eigenvalue weighted by atomic mass is 10.1. The van der Waals surface area contributed by atoms with Gasteiger partial charge in [0.05, 0.1) is 17.1 Å². The molecule has 44 heavy (non-hydrogen) atoms. The first kappa shape index (κ1) is 33.8. The van der Waals surface area contributed by atoms with Crippen molar-refractivity contribution in [3.63, 3.8) is 0 Å². The van der Waals surface area contributed by atoms with Crippen molar-refractivity contribution in [3.8, 4) is 0 Å². The van der Waals surface area contributed by atoms with E-state index in [1.807, 2.05) is 36.4 Å². The first-order chi connectivity index (χ1) is 21.6. The van der Waals surface area contributed by atoms with E-state index in [-0.39, 0.29) is 6.03 Å². The quantitative estimate of drug-likeness (QED) is 0.160. The number of carbonyl (C=O) groups is 1. The topological polar surface area (TPSA) is 51.2 Å². The van der Waals surface area contributed by atoms with Gasteiger partial charge in [0.2, 0.25) is 0 Å². The maximum Gasteiger partial charge on any atom is 0.326 e. The van der Waals surface area contributed by atoms with Gasteiger partial charge in [-0.1, -0.05) is 93.5 Å². The normalized spacial score (nSPS) is 15.4. The molecular formula is C37H52ClN5O. The molecule has 0 saturated carbocycles. The molecule has 2 heterocycles. The number of fused-ring (bicyclic) bond motifs is 2. The Morgan fingerprint density at radius 1 is 0.841 bits per heavy atom. The van der Waals surface area contributed by atoms with Crippen LogP contribution in [0.4, 0.5) is 21.9 Å². The van der Waals surface area contributed by atoms with Gasteiger partial charge in [-0.25, -0.2) is 9.79 Å². The molecule has 0 atom stereocenters. The summed E-state index contributed by atoms with van der Waals surface area (Å²) in [7, 11) is 2.15. The largest absolute Gasteiger partial charge is 0.353 e. The molecule has 238 valence electrons. The molecule has 2 aliphatic rings. The van der Waals surface area contributed by atoms with E-state index in [2.05, 4.69) is 59.5 Å². The smallest absolute Gasteiger partial charge is 0.326 e. The first-order valence-corrected chi connectivity index (χ1v) is 17.3.